The van der Waals surface area contributed by atoms with Crippen LogP contribution in [0.4, 0.5) is 10.1 Å². The van der Waals surface area contributed by atoms with Gasteiger partial charge in [0.2, 0.25) is 0 Å². The maximum absolute atomic E-state index is 12.8. The highest BCUT2D eigenvalue weighted by Crippen LogP contribution is 2.24. The molecule has 0 aliphatic rings. The molecule has 2 N–H and O–H groups in total. The molecular formula is C10H10FN3O. The summed E-state index contributed by atoms with van der Waals surface area (Å²) in [6.45, 7) is 1.92. The second kappa shape index (κ2) is 3.68. The zero-order valence-corrected chi connectivity index (χ0v) is 8.20. The summed E-state index contributed by atoms with van der Waals surface area (Å²) in [5.74, 6) is 0.546. The molecule has 5 heteroatoms. The summed E-state index contributed by atoms with van der Waals surface area (Å²) in [6, 6.07) is 4.06. The lowest BCUT2D eigenvalue weighted by molar-refractivity contribution is 0.423. The number of nitrogens with two attached hydrogens (primary N) is 1. The minimum atomic E-state index is -0.383. The number of aryl methyl sites for hydroxylation is 1. The highest BCUT2D eigenvalue weighted by atomic mass is 19.1. The van der Waals surface area contributed by atoms with Crippen molar-refractivity contribution in [3.8, 4) is 11.5 Å². The lowest BCUT2D eigenvalue weighted by Gasteiger charge is -1.99. The summed E-state index contributed by atoms with van der Waals surface area (Å²) in [7, 11) is 0. The van der Waals surface area contributed by atoms with E-state index in [0.29, 0.717) is 29.4 Å². The summed E-state index contributed by atoms with van der Waals surface area (Å²) in [4.78, 5) is 4.11. The van der Waals surface area contributed by atoms with Gasteiger partial charge in [0.1, 0.15) is 5.82 Å². The molecule has 0 bridgehead atoms. The van der Waals surface area contributed by atoms with Crippen LogP contribution in [0.3, 0.4) is 0 Å². The van der Waals surface area contributed by atoms with E-state index < -0.39 is 0 Å². The first kappa shape index (κ1) is 9.64. The number of hydrogen-bond acceptors (Lipinski definition) is 4. The van der Waals surface area contributed by atoms with Crippen molar-refractivity contribution in [3.05, 3.63) is 29.8 Å². The van der Waals surface area contributed by atoms with Crippen LogP contribution in [-0.4, -0.2) is 10.1 Å². The van der Waals surface area contributed by atoms with Crippen molar-refractivity contribution in [2.75, 3.05) is 5.73 Å². The molecule has 0 unspecified atom stereocenters. The molecule has 1 aromatic carbocycles. The fourth-order valence-corrected chi connectivity index (χ4v) is 1.24. The van der Waals surface area contributed by atoms with Crippen LogP contribution < -0.4 is 5.73 Å². The Balaban J connectivity index is 2.44. The molecule has 0 atom stereocenters. The number of halogens is 1. The van der Waals surface area contributed by atoms with Gasteiger partial charge in [-0.3, -0.25) is 0 Å². The second-order valence-electron chi connectivity index (χ2n) is 3.10. The normalized spacial score (nSPS) is 10.5. The number of anilines is 1. The Labute approximate surface area is 85.9 Å². The molecule has 0 aliphatic carbocycles. The van der Waals surface area contributed by atoms with Gasteiger partial charge in [-0.05, 0) is 18.2 Å². The van der Waals surface area contributed by atoms with Gasteiger partial charge in [0, 0.05) is 12.1 Å². The zero-order chi connectivity index (χ0) is 10.8. The third kappa shape index (κ3) is 1.81. The molecule has 0 spiro atoms. The standard InChI is InChI=1S/C10H10FN3O/c1-2-9-13-10(15-14-9)7-4-3-6(11)5-8(7)12/h3-5H,2,12H2,1H3. The minimum absolute atomic E-state index is 0.293. The lowest BCUT2D eigenvalue weighted by Crippen LogP contribution is -1.91. The molecule has 0 aliphatic heterocycles. The summed E-state index contributed by atoms with van der Waals surface area (Å²) in [6.07, 6.45) is 0.685. The van der Waals surface area contributed by atoms with Gasteiger partial charge in [0.25, 0.3) is 5.89 Å². The molecule has 15 heavy (non-hydrogen) atoms. The van der Waals surface area contributed by atoms with Crippen molar-refractivity contribution >= 4 is 5.69 Å². The van der Waals surface area contributed by atoms with E-state index in [9.17, 15) is 4.39 Å². The van der Waals surface area contributed by atoms with Crippen LogP contribution >= 0.6 is 0 Å². The summed E-state index contributed by atoms with van der Waals surface area (Å²) >= 11 is 0. The lowest BCUT2D eigenvalue weighted by atomic mass is 10.2. The number of hydrogen-bond donors (Lipinski definition) is 1. The number of aromatic nitrogens is 2. The maximum atomic E-state index is 12.8. The molecule has 2 aromatic rings. The molecule has 0 radical (unpaired) electrons. The van der Waals surface area contributed by atoms with Crippen molar-refractivity contribution < 1.29 is 8.91 Å². The van der Waals surface area contributed by atoms with Crippen molar-refractivity contribution in [2.24, 2.45) is 0 Å². The third-order valence-electron chi connectivity index (χ3n) is 2.03. The van der Waals surface area contributed by atoms with E-state index in [1.807, 2.05) is 6.92 Å². The molecule has 78 valence electrons. The van der Waals surface area contributed by atoms with Crippen molar-refractivity contribution in [1.29, 1.82) is 0 Å². The molecule has 1 heterocycles. The maximum Gasteiger partial charge on any atom is 0.260 e. The van der Waals surface area contributed by atoms with Crippen LogP contribution in [-0.2, 0) is 6.42 Å². The first-order valence-electron chi connectivity index (χ1n) is 4.58. The number of nitrogen functional groups attached to an aromatic ring is 1. The largest absolute Gasteiger partial charge is 0.398 e. The zero-order valence-electron chi connectivity index (χ0n) is 8.20. The Morgan fingerprint density at radius 2 is 2.27 bits per heavy atom. The van der Waals surface area contributed by atoms with Gasteiger partial charge < -0.3 is 10.3 Å². The first-order chi connectivity index (χ1) is 7.20. The number of nitrogens with zero attached hydrogens (tertiary/aromatic N) is 2. The van der Waals surface area contributed by atoms with E-state index in [1.54, 1.807) is 0 Å². The average Bonchev–Trinajstić information content (AvgIpc) is 2.66. The monoisotopic (exact) mass is 207 g/mol. The van der Waals surface area contributed by atoms with Crippen LogP contribution in [0, 0.1) is 5.82 Å². The predicted octanol–water partition coefficient (Wildman–Crippen LogP) is 2.02. The Morgan fingerprint density at radius 3 is 2.87 bits per heavy atom. The van der Waals surface area contributed by atoms with Gasteiger partial charge in [0.15, 0.2) is 5.82 Å². The van der Waals surface area contributed by atoms with Crippen molar-refractivity contribution in [2.45, 2.75) is 13.3 Å². The topological polar surface area (TPSA) is 64.9 Å². The summed E-state index contributed by atoms with van der Waals surface area (Å²) < 4.78 is 17.8. The quantitative estimate of drug-likeness (QED) is 0.765. The van der Waals surface area contributed by atoms with Crippen molar-refractivity contribution in [3.63, 3.8) is 0 Å². The summed E-state index contributed by atoms with van der Waals surface area (Å²) in [5, 5.41) is 3.74. The van der Waals surface area contributed by atoms with Crippen LogP contribution in [0.1, 0.15) is 12.7 Å². The Kier molecular flexibility index (Phi) is 2.37. The fourth-order valence-electron chi connectivity index (χ4n) is 1.24. The van der Waals surface area contributed by atoms with E-state index in [4.69, 9.17) is 10.3 Å². The molecule has 0 saturated carbocycles. The van der Waals surface area contributed by atoms with Gasteiger partial charge in [0.05, 0.1) is 5.56 Å². The van der Waals surface area contributed by atoms with Gasteiger partial charge in [-0.1, -0.05) is 12.1 Å². The van der Waals surface area contributed by atoms with Crippen LogP contribution in [0.5, 0.6) is 0 Å². The van der Waals surface area contributed by atoms with Gasteiger partial charge in [-0.25, -0.2) is 4.39 Å². The molecule has 2 rings (SSSR count). The number of rotatable bonds is 2. The van der Waals surface area contributed by atoms with E-state index in [-0.39, 0.29) is 5.82 Å². The van der Waals surface area contributed by atoms with E-state index in [0.717, 1.165) is 0 Å². The van der Waals surface area contributed by atoms with Gasteiger partial charge in [-0.15, -0.1) is 0 Å². The highest BCUT2D eigenvalue weighted by Gasteiger charge is 2.11. The highest BCUT2D eigenvalue weighted by molar-refractivity contribution is 5.70. The Morgan fingerprint density at radius 1 is 1.47 bits per heavy atom. The SMILES string of the molecule is CCc1noc(-c2ccc(F)cc2N)n1. The molecule has 0 amide bonds. The minimum Gasteiger partial charge on any atom is -0.398 e. The molecule has 0 fully saturated rings. The molecule has 1 aromatic heterocycles. The van der Waals surface area contributed by atoms with Gasteiger partial charge >= 0.3 is 0 Å². The predicted molar refractivity (Wildman–Crippen MR) is 53.5 cm³/mol. The van der Waals surface area contributed by atoms with E-state index in [2.05, 4.69) is 10.1 Å². The number of benzene rings is 1. The first-order valence-corrected chi connectivity index (χ1v) is 4.58. The molecule has 4 nitrogen and oxygen atoms in total. The Bertz CT molecular complexity index is 481. The van der Waals surface area contributed by atoms with E-state index in [1.165, 1.54) is 18.2 Å². The fraction of sp³-hybridized carbons (Fsp3) is 0.200. The second-order valence-corrected chi connectivity index (χ2v) is 3.10. The molecule has 0 saturated heterocycles. The van der Waals surface area contributed by atoms with Crippen LogP contribution in [0.15, 0.2) is 22.7 Å². The Hall–Kier alpha value is -1.91. The average molecular weight is 207 g/mol. The van der Waals surface area contributed by atoms with Gasteiger partial charge in [-0.2, -0.15) is 4.98 Å². The smallest absolute Gasteiger partial charge is 0.260 e. The molecular weight excluding hydrogens is 197 g/mol. The van der Waals surface area contributed by atoms with Crippen LogP contribution in [0.2, 0.25) is 0 Å². The summed E-state index contributed by atoms with van der Waals surface area (Å²) in [5.41, 5.74) is 6.49. The van der Waals surface area contributed by atoms with Crippen LogP contribution in [0.25, 0.3) is 11.5 Å². The van der Waals surface area contributed by atoms with E-state index >= 15 is 0 Å². The van der Waals surface area contributed by atoms with Crippen molar-refractivity contribution in [1.82, 2.24) is 10.1 Å². The third-order valence-corrected chi connectivity index (χ3v) is 2.03.